The number of carbonyl (C=O) groups excluding carboxylic acids is 2. The van der Waals surface area contributed by atoms with Gasteiger partial charge in [0.05, 0.1) is 13.6 Å². The van der Waals surface area contributed by atoms with Gasteiger partial charge >= 0.3 is 5.97 Å². The molecule has 1 aromatic rings. The number of benzene rings is 1. The molecule has 102 valence electrons. The Kier molecular flexibility index (Phi) is 4.00. The SMILES string of the molecule is CC(=O)O[C@@H]1CC[N+](C)(CC(=O)c2ccccc2)C1. The van der Waals surface area contributed by atoms with Crippen LogP contribution in [0.3, 0.4) is 0 Å². The third-order valence-corrected chi connectivity index (χ3v) is 3.59. The Hall–Kier alpha value is -1.68. The van der Waals surface area contributed by atoms with Gasteiger partial charge in [-0.25, -0.2) is 0 Å². The van der Waals surface area contributed by atoms with Crippen LogP contribution in [0.25, 0.3) is 0 Å². The fraction of sp³-hybridized carbons (Fsp3) is 0.467. The molecule has 0 aromatic heterocycles. The lowest BCUT2D eigenvalue weighted by Crippen LogP contribution is -2.46. The van der Waals surface area contributed by atoms with E-state index in [1.54, 1.807) is 0 Å². The van der Waals surface area contributed by atoms with Crippen LogP contribution in [0.2, 0.25) is 0 Å². The van der Waals surface area contributed by atoms with Gasteiger partial charge < -0.3 is 9.22 Å². The second kappa shape index (κ2) is 5.53. The average Bonchev–Trinajstić information content (AvgIpc) is 2.70. The minimum atomic E-state index is -0.243. The highest BCUT2D eigenvalue weighted by molar-refractivity contribution is 5.96. The van der Waals surface area contributed by atoms with Gasteiger partial charge in [0.25, 0.3) is 0 Å². The Labute approximate surface area is 113 Å². The van der Waals surface area contributed by atoms with Crippen molar-refractivity contribution in [3.05, 3.63) is 35.9 Å². The van der Waals surface area contributed by atoms with Crippen LogP contribution in [0, 0.1) is 0 Å². The van der Waals surface area contributed by atoms with Gasteiger partial charge in [0, 0.05) is 18.9 Å². The molecule has 1 aliphatic heterocycles. The van der Waals surface area contributed by atoms with Gasteiger partial charge in [0.15, 0.2) is 6.10 Å². The van der Waals surface area contributed by atoms with Crippen molar-refractivity contribution in [2.45, 2.75) is 19.4 Å². The zero-order valence-corrected chi connectivity index (χ0v) is 11.5. The van der Waals surface area contributed by atoms with Crippen LogP contribution in [-0.2, 0) is 9.53 Å². The normalized spacial score (nSPS) is 26.1. The molecule has 0 spiro atoms. The van der Waals surface area contributed by atoms with E-state index in [4.69, 9.17) is 4.74 Å². The molecule has 0 amide bonds. The molecule has 0 bridgehead atoms. The van der Waals surface area contributed by atoms with E-state index in [9.17, 15) is 9.59 Å². The summed E-state index contributed by atoms with van der Waals surface area (Å²) in [7, 11) is 2.05. The number of ketones is 1. The van der Waals surface area contributed by atoms with Gasteiger partial charge in [-0.3, -0.25) is 9.59 Å². The summed E-state index contributed by atoms with van der Waals surface area (Å²) < 4.78 is 5.87. The number of likely N-dealkylation sites (N-methyl/N-ethyl adjacent to an activating group) is 1. The number of Topliss-reactive ketones (excluding diaryl/α,β-unsaturated/α-hetero) is 1. The maximum atomic E-state index is 12.2. The molecule has 0 aliphatic carbocycles. The summed E-state index contributed by atoms with van der Waals surface area (Å²) in [5, 5.41) is 0. The predicted octanol–water partition coefficient (Wildman–Crippen LogP) is 1.65. The Balaban J connectivity index is 1.96. The van der Waals surface area contributed by atoms with Crippen LogP contribution >= 0.6 is 0 Å². The molecule has 0 radical (unpaired) electrons. The largest absolute Gasteiger partial charge is 0.456 e. The first-order valence-electron chi connectivity index (χ1n) is 6.57. The topological polar surface area (TPSA) is 43.4 Å². The Morgan fingerprint density at radius 1 is 1.32 bits per heavy atom. The molecule has 4 heteroatoms. The van der Waals surface area contributed by atoms with E-state index in [2.05, 4.69) is 0 Å². The Morgan fingerprint density at radius 2 is 2.00 bits per heavy atom. The van der Waals surface area contributed by atoms with Crippen LogP contribution in [-0.4, -0.2) is 49.0 Å². The number of hydrogen-bond donors (Lipinski definition) is 0. The van der Waals surface area contributed by atoms with E-state index < -0.39 is 0 Å². The van der Waals surface area contributed by atoms with Gasteiger partial charge in [-0.1, -0.05) is 30.3 Å². The number of likely N-dealkylation sites (tertiary alicyclic amines) is 1. The van der Waals surface area contributed by atoms with Crippen molar-refractivity contribution >= 4 is 11.8 Å². The lowest BCUT2D eigenvalue weighted by atomic mass is 10.1. The minimum absolute atomic E-state index is 0.0499. The average molecular weight is 262 g/mol. The summed E-state index contributed by atoms with van der Waals surface area (Å²) in [6.07, 6.45) is 0.782. The van der Waals surface area contributed by atoms with Crippen LogP contribution < -0.4 is 0 Å². The Bertz CT molecular complexity index is 472. The molecule has 19 heavy (non-hydrogen) atoms. The van der Waals surface area contributed by atoms with E-state index in [0.29, 0.717) is 11.0 Å². The van der Waals surface area contributed by atoms with Crippen molar-refractivity contribution in [2.24, 2.45) is 0 Å². The lowest BCUT2D eigenvalue weighted by Gasteiger charge is -2.28. The molecular weight excluding hydrogens is 242 g/mol. The van der Waals surface area contributed by atoms with Crippen LogP contribution in [0.1, 0.15) is 23.7 Å². The molecule has 4 nitrogen and oxygen atoms in total. The van der Waals surface area contributed by atoms with Gasteiger partial charge in [-0.05, 0) is 0 Å². The molecular formula is C15H20NO3+. The first-order valence-corrected chi connectivity index (χ1v) is 6.57. The van der Waals surface area contributed by atoms with E-state index in [-0.39, 0.29) is 17.9 Å². The van der Waals surface area contributed by atoms with Crippen molar-refractivity contribution in [3.8, 4) is 0 Å². The fourth-order valence-electron chi connectivity index (χ4n) is 2.67. The van der Waals surface area contributed by atoms with Crippen LogP contribution in [0.5, 0.6) is 0 Å². The van der Waals surface area contributed by atoms with E-state index in [1.807, 2.05) is 37.4 Å². The molecule has 2 atom stereocenters. The molecule has 1 heterocycles. The fourth-order valence-corrected chi connectivity index (χ4v) is 2.67. The number of nitrogens with zero attached hydrogens (tertiary/aromatic N) is 1. The molecule has 1 aliphatic rings. The van der Waals surface area contributed by atoms with Gasteiger partial charge in [-0.2, -0.15) is 0 Å². The zero-order chi connectivity index (χ0) is 13.9. The zero-order valence-electron chi connectivity index (χ0n) is 11.5. The van der Waals surface area contributed by atoms with Crippen molar-refractivity contribution < 1.29 is 18.8 Å². The standard InChI is InChI=1S/C15H20NO3/c1-12(17)19-14-8-9-16(2,10-14)11-15(18)13-6-4-3-5-7-13/h3-7,14H,8-11H2,1-2H3/q+1/t14-,16?/m1/s1. The van der Waals surface area contributed by atoms with Gasteiger partial charge in [-0.15, -0.1) is 0 Å². The number of ether oxygens (including phenoxy) is 1. The molecule has 1 unspecified atom stereocenters. The number of quaternary nitrogens is 1. The maximum absolute atomic E-state index is 12.2. The second-order valence-corrected chi connectivity index (χ2v) is 5.49. The Morgan fingerprint density at radius 3 is 2.63 bits per heavy atom. The summed E-state index contributed by atoms with van der Waals surface area (Å²) in [6, 6.07) is 9.33. The number of carbonyl (C=O) groups is 2. The predicted molar refractivity (Wildman–Crippen MR) is 71.7 cm³/mol. The quantitative estimate of drug-likeness (QED) is 0.471. The van der Waals surface area contributed by atoms with E-state index in [0.717, 1.165) is 25.1 Å². The van der Waals surface area contributed by atoms with E-state index >= 15 is 0 Å². The molecule has 1 fully saturated rings. The smallest absolute Gasteiger partial charge is 0.303 e. The van der Waals surface area contributed by atoms with Gasteiger partial charge in [0.1, 0.15) is 13.1 Å². The first kappa shape index (κ1) is 13.7. The molecule has 0 N–H and O–H groups in total. The highest BCUT2D eigenvalue weighted by atomic mass is 16.5. The summed E-state index contributed by atoms with van der Waals surface area (Å²) in [6.45, 7) is 3.48. The summed E-state index contributed by atoms with van der Waals surface area (Å²) >= 11 is 0. The number of rotatable bonds is 4. The second-order valence-electron chi connectivity index (χ2n) is 5.49. The first-order chi connectivity index (χ1) is 8.98. The van der Waals surface area contributed by atoms with Crippen molar-refractivity contribution in [2.75, 3.05) is 26.7 Å². The molecule has 1 saturated heterocycles. The van der Waals surface area contributed by atoms with Crippen molar-refractivity contribution in [1.82, 2.24) is 0 Å². The maximum Gasteiger partial charge on any atom is 0.303 e. The third-order valence-electron chi connectivity index (χ3n) is 3.59. The van der Waals surface area contributed by atoms with E-state index in [1.165, 1.54) is 6.92 Å². The highest BCUT2D eigenvalue weighted by Gasteiger charge is 2.37. The minimum Gasteiger partial charge on any atom is -0.456 e. The monoisotopic (exact) mass is 262 g/mol. The molecule has 2 rings (SSSR count). The summed E-state index contributed by atoms with van der Waals surface area (Å²) in [5.41, 5.74) is 0.748. The summed E-state index contributed by atoms with van der Waals surface area (Å²) in [5.74, 6) is -0.0978. The summed E-state index contributed by atoms with van der Waals surface area (Å²) in [4.78, 5) is 23.2. The third kappa shape index (κ3) is 3.64. The molecule has 1 aromatic carbocycles. The van der Waals surface area contributed by atoms with Crippen molar-refractivity contribution in [3.63, 3.8) is 0 Å². The number of hydrogen-bond acceptors (Lipinski definition) is 3. The van der Waals surface area contributed by atoms with Crippen LogP contribution in [0.15, 0.2) is 30.3 Å². The van der Waals surface area contributed by atoms with Crippen LogP contribution in [0.4, 0.5) is 0 Å². The lowest BCUT2D eigenvalue weighted by molar-refractivity contribution is -0.890. The van der Waals surface area contributed by atoms with Gasteiger partial charge in [0.2, 0.25) is 5.78 Å². The highest BCUT2D eigenvalue weighted by Crippen LogP contribution is 2.20. The van der Waals surface area contributed by atoms with Crippen molar-refractivity contribution in [1.29, 1.82) is 0 Å². The molecule has 0 saturated carbocycles. The number of esters is 1.